The van der Waals surface area contributed by atoms with Gasteiger partial charge in [0, 0.05) is 12.1 Å². The topological polar surface area (TPSA) is 21.3 Å². The molecule has 0 aliphatic rings. The molecule has 0 spiro atoms. The fourth-order valence-electron chi connectivity index (χ4n) is 0.890. The van der Waals surface area contributed by atoms with Crippen LogP contribution >= 0.6 is 0 Å². The second-order valence-corrected chi connectivity index (χ2v) is 3.08. The van der Waals surface area contributed by atoms with Crippen LogP contribution in [-0.4, -0.2) is 19.7 Å². The van der Waals surface area contributed by atoms with E-state index >= 15 is 0 Å². The van der Waals surface area contributed by atoms with Crippen molar-refractivity contribution in [2.45, 2.75) is 13.0 Å². The van der Waals surface area contributed by atoms with Crippen LogP contribution in [0, 0.1) is 11.6 Å². The average Bonchev–Trinajstić information content (AvgIpc) is 2.16. The maximum atomic E-state index is 13.0. The Labute approximate surface area is 81.9 Å². The summed E-state index contributed by atoms with van der Waals surface area (Å²) in [5.41, 5.74) is 0. The van der Waals surface area contributed by atoms with Crippen LogP contribution in [-0.2, 0) is 0 Å². The Kier molecular flexibility index (Phi) is 3.83. The van der Waals surface area contributed by atoms with Crippen molar-refractivity contribution in [3.8, 4) is 5.75 Å². The molecule has 0 amide bonds. The Bertz CT molecular complexity index is 304. The van der Waals surface area contributed by atoms with Crippen LogP contribution in [0.3, 0.4) is 0 Å². The standard InChI is InChI=1S/C10H13F2NO/c1-7(13-2)6-14-10-4-3-8(11)5-9(10)12/h3-5,7,13H,6H2,1-2H3. The molecule has 1 aromatic carbocycles. The molecule has 2 nitrogen and oxygen atoms in total. The Morgan fingerprint density at radius 1 is 1.43 bits per heavy atom. The number of benzene rings is 1. The van der Waals surface area contributed by atoms with Crippen molar-refractivity contribution in [3.63, 3.8) is 0 Å². The highest BCUT2D eigenvalue weighted by atomic mass is 19.1. The van der Waals surface area contributed by atoms with Crippen LogP contribution in [0.5, 0.6) is 5.75 Å². The molecular weight excluding hydrogens is 188 g/mol. The first kappa shape index (κ1) is 10.9. The van der Waals surface area contributed by atoms with Gasteiger partial charge < -0.3 is 10.1 Å². The van der Waals surface area contributed by atoms with E-state index < -0.39 is 11.6 Å². The summed E-state index contributed by atoms with van der Waals surface area (Å²) in [7, 11) is 1.79. The van der Waals surface area contributed by atoms with Gasteiger partial charge in [0.2, 0.25) is 0 Å². The number of likely N-dealkylation sites (N-methyl/N-ethyl adjacent to an activating group) is 1. The first-order valence-electron chi connectivity index (χ1n) is 4.38. The molecule has 1 unspecified atom stereocenters. The first-order chi connectivity index (χ1) is 6.63. The molecule has 1 N–H and O–H groups in total. The molecule has 1 rings (SSSR count). The quantitative estimate of drug-likeness (QED) is 0.804. The van der Waals surface area contributed by atoms with Gasteiger partial charge in [-0.2, -0.15) is 0 Å². The van der Waals surface area contributed by atoms with E-state index in [4.69, 9.17) is 4.74 Å². The minimum Gasteiger partial charge on any atom is -0.489 e. The van der Waals surface area contributed by atoms with Crippen LogP contribution in [0.2, 0.25) is 0 Å². The number of hydrogen-bond donors (Lipinski definition) is 1. The minimum absolute atomic E-state index is 0.0773. The number of halogens is 2. The zero-order valence-electron chi connectivity index (χ0n) is 8.18. The van der Waals surface area contributed by atoms with E-state index in [2.05, 4.69) is 5.32 Å². The molecule has 1 atom stereocenters. The molecule has 0 aliphatic carbocycles. The largest absolute Gasteiger partial charge is 0.489 e. The highest BCUT2D eigenvalue weighted by molar-refractivity contribution is 5.24. The second-order valence-electron chi connectivity index (χ2n) is 3.08. The Balaban J connectivity index is 2.59. The summed E-state index contributed by atoms with van der Waals surface area (Å²) in [6.45, 7) is 2.25. The van der Waals surface area contributed by atoms with Crippen molar-refractivity contribution in [3.05, 3.63) is 29.8 Å². The van der Waals surface area contributed by atoms with E-state index in [-0.39, 0.29) is 11.8 Å². The van der Waals surface area contributed by atoms with Gasteiger partial charge in [-0.3, -0.25) is 0 Å². The van der Waals surface area contributed by atoms with Gasteiger partial charge >= 0.3 is 0 Å². The second kappa shape index (κ2) is 4.91. The predicted octanol–water partition coefficient (Wildman–Crippen LogP) is 1.95. The van der Waals surface area contributed by atoms with Crippen molar-refractivity contribution in [2.24, 2.45) is 0 Å². The fourth-order valence-corrected chi connectivity index (χ4v) is 0.890. The predicted molar refractivity (Wildman–Crippen MR) is 50.4 cm³/mol. The molecule has 0 heterocycles. The zero-order valence-corrected chi connectivity index (χ0v) is 8.18. The highest BCUT2D eigenvalue weighted by Crippen LogP contribution is 2.17. The zero-order chi connectivity index (χ0) is 10.6. The van der Waals surface area contributed by atoms with Gasteiger partial charge in [-0.25, -0.2) is 8.78 Å². The van der Waals surface area contributed by atoms with Crippen LogP contribution in [0.1, 0.15) is 6.92 Å². The smallest absolute Gasteiger partial charge is 0.167 e. The third-order valence-corrected chi connectivity index (χ3v) is 1.88. The van der Waals surface area contributed by atoms with Crippen molar-refractivity contribution >= 4 is 0 Å². The summed E-state index contributed by atoms with van der Waals surface area (Å²) in [4.78, 5) is 0. The third kappa shape index (κ3) is 2.96. The van der Waals surface area contributed by atoms with Crippen LogP contribution < -0.4 is 10.1 Å². The molecule has 4 heteroatoms. The van der Waals surface area contributed by atoms with Gasteiger partial charge in [-0.15, -0.1) is 0 Å². The molecule has 0 saturated heterocycles. The molecule has 0 saturated carbocycles. The Morgan fingerprint density at radius 3 is 2.71 bits per heavy atom. The summed E-state index contributed by atoms with van der Waals surface area (Å²) < 4.78 is 30.7. The number of hydrogen-bond acceptors (Lipinski definition) is 2. The van der Waals surface area contributed by atoms with E-state index in [1.54, 1.807) is 7.05 Å². The van der Waals surface area contributed by atoms with Gasteiger partial charge in [-0.1, -0.05) is 0 Å². The van der Waals surface area contributed by atoms with Gasteiger partial charge in [0.05, 0.1) is 0 Å². The van der Waals surface area contributed by atoms with Crippen LogP contribution in [0.15, 0.2) is 18.2 Å². The molecule has 78 valence electrons. The van der Waals surface area contributed by atoms with Gasteiger partial charge in [0.15, 0.2) is 11.6 Å². The molecule has 1 aromatic rings. The Morgan fingerprint density at radius 2 is 2.14 bits per heavy atom. The SMILES string of the molecule is CNC(C)COc1ccc(F)cc1F. The Hall–Kier alpha value is -1.16. The van der Waals surface area contributed by atoms with E-state index in [1.807, 2.05) is 6.92 Å². The third-order valence-electron chi connectivity index (χ3n) is 1.88. The molecule has 0 aliphatic heterocycles. The van der Waals surface area contributed by atoms with E-state index in [1.165, 1.54) is 12.1 Å². The summed E-state index contributed by atoms with van der Waals surface area (Å²) in [6.07, 6.45) is 0. The molecule has 0 fully saturated rings. The monoisotopic (exact) mass is 201 g/mol. The summed E-state index contributed by atoms with van der Waals surface area (Å²) >= 11 is 0. The number of nitrogens with one attached hydrogen (secondary N) is 1. The lowest BCUT2D eigenvalue weighted by Gasteiger charge is -2.12. The van der Waals surface area contributed by atoms with Crippen molar-refractivity contribution in [1.82, 2.24) is 5.32 Å². The molecule has 0 radical (unpaired) electrons. The number of ether oxygens (including phenoxy) is 1. The van der Waals surface area contributed by atoms with E-state index in [0.717, 1.165) is 6.07 Å². The summed E-state index contributed by atoms with van der Waals surface area (Å²) in [5.74, 6) is -1.20. The minimum atomic E-state index is -0.673. The molecule has 0 bridgehead atoms. The molecule has 0 aromatic heterocycles. The lowest BCUT2D eigenvalue weighted by atomic mass is 10.3. The fraction of sp³-hybridized carbons (Fsp3) is 0.400. The van der Waals surface area contributed by atoms with Crippen LogP contribution in [0.4, 0.5) is 8.78 Å². The summed E-state index contributed by atoms with van der Waals surface area (Å²) in [6, 6.07) is 3.38. The van der Waals surface area contributed by atoms with Crippen molar-refractivity contribution in [1.29, 1.82) is 0 Å². The highest BCUT2D eigenvalue weighted by Gasteiger charge is 2.06. The van der Waals surface area contributed by atoms with Gasteiger partial charge in [0.25, 0.3) is 0 Å². The number of rotatable bonds is 4. The maximum absolute atomic E-state index is 13.0. The van der Waals surface area contributed by atoms with Gasteiger partial charge in [-0.05, 0) is 26.1 Å². The lowest BCUT2D eigenvalue weighted by molar-refractivity contribution is 0.267. The van der Waals surface area contributed by atoms with E-state index in [0.29, 0.717) is 6.61 Å². The van der Waals surface area contributed by atoms with Crippen molar-refractivity contribution in [2.75, 3.05) is 13.7 Å². The van der Waals surface area contributed by atoms with Gasteiger partial charge in [0.1, 0.15) is 12.4 Å². The molecular formula is C10H13F2NO. The summed E-state index contributed by atoms with van der Waals surface area (Å²) in [5, 5.41) is 2.94. The first-order valence-corrected chi connectivity index (χ1v) is 4.38. The van der Waals surface area contributed by atoms with Crippen molar-refractivity contribution < 1.29 is 13.5 Å². The maximum Gasteiger partial charge on any atom is 0.167 e. The van der Waals surface area contributed by atoms with Crippen LogP contribution in [0.25, 0.3) is 0 Å². The van der Waals surface area contributed by atoms with E-state index in [9.17, 15) is 8.78 Å². The molecule has 14 heavy (non-hydrogen) atoms. The normalized spacial score (nSPS) is 12.6. The average molecular weight is 201 g/mol. The lowest BCUT2D eigenvalue weighted by Crippen LogP contribution is -2.28.